The monoisotopic (exact) mass is 416 g/mol. The van der Waals surface area contributed by atoms with Crippen molar-refractivity contribution in [3.8, 4) is 17.0 Å². The van der Waals surface area contributed by atoms with Crippen LogP contribution >= 0.6 is 0 Å². The maximum absolute atomic E-state index is 12.7. The van der Waals surface area contributed by atoms with Gasteiger partial charge in [0.15, 0.2) is 5.82 Å². The first-order chi connectivity index (χ1) is 15.2. The summed E-state index contributed by atoms with van der Waals surface area (Å²) in [6.45, 7) is 2.21. The molecule has 0 aliphatic carbocycles. The zero-order chi connectivity index (χ0) is 21.5. The summed E-state index contributed by atoms with van der Waals surface area (Å²) in [6.07, 6.45) is 2.71. The zero-order valence-corrected chi connectivity index (χ0v) is 17.8. The maximum Gasteiger partial charge on any atom is 0.224 e. The van der Waals surface area contributed by atoms with Gasteiger partial charge in [-0.25, -0.2) is 0 Å². The van der Waals surface area contributed by atoms with Gasteiger partial charge in [-0.3, -0.25) is 4.79 Å². The van der Waals surface area contributed by atoms with E-state index >= 15 is 0 Å². The summed E-state index contributed by atoms with van der Waals surface area (Å²) in [5.74, 6) is 1.68. The fourth-order valence-electron chi connectivity index (χ4n) is 4.01. The van der Waals surface area contributed by atoms with E-state index in [2.05, 4.69) is 32.5 Å². The fourth-order valence-corrected chi connectivity index (χ4v) is 4.01. The van der Waals surface area contributed by atoms with Crippen LogP contribution in [0.5, 0.6) is 5.75 Å². The van der Waals surface area contributed by atoms with E-state index in [0.717, 1.165) is 48.6 Å². The number of ether oxygens (including phenoxy) is 1. The number of anilines is 1. The van der Waals surface area contributed by atoms with Crippen molar-refractivity contribution in [1.82, 2.24) is 15.5 Å². The molecule has 1 aliphatic heterocycles. The molecule has 4 rings (SSSR count). The molecular weight excluding hydrogens is 388 g/mol. The number of hydrogen-bond acceptors (Lipinski definition) is 5. The van der Waals surface area contributed by atoms with Crippen LogP contribution in [0.2, 0.25) is 0 Å². The Kier molecular flexibility index (Phi) is 6.77. The number of hydrogen-bond donors (Lipinski definition) is 1. The van der Waals surface area contributed by atoms with E-state index in [0.29, 0.717) is 13.1 Å². The molecule has 31 heavy (non-hydrogen) atoms. The number of aromatic nitrogens is 2. The van der Waals surface area contributed by atoms with Crippen molar-refractivity contribution in [2.45, 2.75) is 19.3 Å². The van der Waals surface area contributed by atoms with Crippen molar-refractivity contribution in [3.05, 3.63) is 72.3 Å². The van der Waals surface area contributed by atoms with E-state index in [4.69, 9.17) is 4.74 Å². The van der Waals surface area contributed by atoms with Gasteiger partial charge in [0.1, 0.15) is 5.75 Å². The third kappa shape index (κ3) is 5.20. The lowest BCUT2D eigenvalue weighted by molar-refractivity contribution is -0.125. The summed E-state index contributed by atoms with van der Waals surface area (Å²) in [5, 5.41) is 12.0. The van der Waals surface area contributed by atoms with Crippen LogP contribution in [0.1, 0.15) is 18.4 Å². The Morgan fingerprint density at radius 1 is 1.06 bits per heavy atom. The van der Waals surface area contributed by atoms with E-state index in [-0.39, 0.29) is 11.8 Å². The number of carbonyl (C=O) groups is 1. The van der Waals surface area contributed by atoms with Crippen molar-refractivity contribution < 1.29 is 9.53 Å². The van der Waals surface area contributed by atoms with E-state index in [1.165, 1.54) is 5.56 Å². The Balaban J connectivity index is 1.35. The third-order valence-electron chi connectivity index (χ3n) is 5.71. The average molecular weight is 417 g/mol. The van der Waals surface area contributed by atoms with Gasteiger partial charge in [-0.1, -0.05) is 42.5 Å². The van der Waals surface area contributed by atoms with Crippen molar-refractivity contribution >= 4 is 11.7 Å². The molecule has 1 unspecified atom stereocenters. The van der Waals surface area contributed by atoms with E-state index in [1.807, 2.05) is 54.6 Å². The Morgan fingerprint density at radius 3 is 2.65 bits per heavy atom. The summed E-state index contributed by atoms with van der Waals surface area (Å²) in [5.41, 5.74) is 2.92. The molecule has 1 atom stereocenters. The molecule has 1 amide bonds. The number of para-hydroxylation sites is 1. The number of rotatable bonds is 7. The van der Waals surface area contributed by atoms with E-state index in [9.17, 15) is 4.79 Å². The third-order valence-corrected chi connectivity index (χ3v) is 5.71. The minimum absolute atomic E-state index is 0.0276. The molecule has 6 heteroatoms. The molecule has 6 nitrogen and oxygen atoms in total. The number of methoxy groups -OCH3 is 1. The van der Waals surface area contributed by atoms with Crippen LogP contribution in [0, 0.1) is 5.92 Å². The molecule has 1 aliphatic rings. The van der Waals surface area contributed by atoms with Gasteiger partial charge in [-0.15, -0.1) is 10.2 Å². The molecule has 1 saturated heterocycles. The molecule has 0 saturated carbocycles. The summed E-state index contributed by atoms with van der Waals surface area (Å²) in [6, 6.07) is 21.9. The quantitative estimate of drug-likeness (QED) is 0.636. The fraction of sp³-hybridized carbons (Fsp3) is 0.320. The molecule has 0 bridgehead atoms. The molecule has 3 aromatic rings. The normalized spacial score (nSPS) is 16.0. The number of amides is 1. The lowest BCUT2D eigenvalue weighted by atomic mass is 9.97. The maximum atomic E-state index is 12.7. The molecular formula is C25H28N4O2. The second-order valence-electron chi connectivity index (χ2n) is 7.79. The van der Waals surface area contributed by atoms with Crippen molar-refractivity contribution in [1.29, 1.82) is 0 Å². The van der Waals surface area contributed by atoms with Gasteiger partial charge in [-0.2, -0.15) is 0 Å². The van der Waals surface area contributed by atoms with Gasteiger partial charge >= 0.3 is 0 Å². The molecule has 0 radical (unpaired) electrons. The molecule has 2 heterocycles. The topological polar surface area (TPSA) is 67.3 Å². The minimum atomic E-state index is -0.0276. The minimum Gasteiger partial charge on any atom is -0.496 e. The van der Waals surface area contributed by atoms with Crippen LogP contribution in [0.25, 0.3) is 11.3 Å². The number of nitrogens with one attached hydrogen (secondary N) is 1. The standard InChI is InChI=1S/C25H28N4O2/c1-31-23-12-6-5-11-21(23)22-13-14-24(28-27-22)29-17-7-10-20(18-29)25(30)26-16-15-19-8-3-2-4-9-19/h2-6,8-9,11-14,20H,7,10,15-18H2,1H3,(H,26,30). The van der Waals surface area contributed by atoms with Crippen molar-refractivity contribution in [3.63, 3.8) is 0 Å². The molecule has 160 valence electrons. The van der Waals surface area contributed by atoms with Gasteiger partial charge in [-0.05, 0) is 49.1 Å². The highest BCUT2D eigenvalue weighted by Crippen LogP contribution is 2.29. The lowest BCUT2D eigenvalue weighted by Crippen LogP contribution is -2.43. The summed E-state index contributed by atoms with van der Waals surface area (Å²) >= 11 is 0. The van der Waals surface area contributed by atoms with Crippen LogP contribution in [0.4, 0.5) is 5.82 Å². The lowest BCUT2D eigenvalue weighted by Gasteiger charge is -2.32. The first-order valence-electron chi connectivity index (χ1n) is 10.8. The van der Waals surface area contributed by atoms with Gasteiger partial charge < -0.3 is 15.0 Å². The Bertz CT molecular complexity index is 992. The second kappa shape index (κ2) is 10.1. The number of nitrogens with zero attached hydrogens (tertiary/aromatic N) is 3. The van der Waals surface area contributed by atoms with Crippen LogP contribution in [-0.4, -0.2) is 42.8 Å². The molecule has 0 spiro atoms. The largest absolute Gasteiger partial charge is 0.496 e. The highest BCUT2D eigenvalue weighted by molar-refractivity contribution is 5.79. The number of benzene rings is 2. The number of carbonyl (C=O) groups excluding carboxylic acids is 1. The van der Waals surface area contributed by atoms with Crippen LogP contribution in [0.15, 0.2) is 66.7 Å². The predicted octanol–water partition coefficient (Wildman–Crippen LogP) is 3.73. The second-order valence-corrected chi connectivity index (χ2v) is 7.79. The first kappa shape index (κ1) is 20.8. The molecule has 1 N–H and O–H groups in total. The van der Waals surface area contributed by atoms with Crippen molar-refractivity contribution in [2.24, 2.45) is 5.92 Å². The average Bonchev–Trinajstić information content (AvgIpc) is 2.85. The van der Waals surface area contributed by atoms with Crippen LogP contribution in [-0.2, 0) is 11.2 Å². The van der Waals surface area contributed by atoms with Crippen molar-refractivity contribution in [2.75, 3.05) is 31.6 Å². The van der Waals surface area contributed by atoms with Crippen LogP contribution < -0.4 is 15.0 Å². The first-order valence-corrected chi connectivity index (χ1v) is 10.8. The Labute approximate surface area is 183 Å². The van der Waals surface area contributed by atoms with E-state index in [1.54, 1.807) is 7.11 Å². The smallest absolute Gasteiger partial charge is 0.224 e. The summed E-state index contributed by atoms with van der Waals surface area (Å²) < 4.78 is 5.42. The highest BCUT2D eigenvalue weighted by Gasteiger charge is 2.26. The number of piperidine rings is 1. The SMILES string of the molecule is COc1ccccc1-c1ccc(N2CCCC(C(=O)NCCc3ccccc3)C2)nn1. The Morgan fingerprint density at radius 2 is 1.87 bits per heavy atom. The van der Waals surface area contributed by atoms with Gasteiger partial charge in [0, 0.05) is 25.2 Å². The predicted molar refractivity (Wildman–Crippen MR) is 122 cm³/mol. The van der Waals surface area contributed by atoms with E-state index < -0.39 is 0 Å². The summed E-state index contributed by atoms with van der Waals surface area (Å²) in [7, 11) is 1.65. The Hall–Kier alpha value is -3.41. The summed E-state index contributed by atoms with van der Waals surface area (Å²) in [4.78, 5) is 14.8. The molecule has 1 fully saturated rings. The molecule has 2 aromatic carbocycles. The highest BCUT2D eigenvalue weighted by atomic mass is 16.5. The van der Waals surface area contributed by atoms with Gasteiger partial charge in [0.05, 0.1) is 18.7 Å². The van der Waals surface area contributed by atoms with Gasteiger partial charge in [0.2, 0.25) is 5.91 Å². The molecule has 1 aromatic heterocycles. The van der Waals surface area contributed by atoms with Crippen LogP contribution in [0.3, 0.4) is 0 Å². The zero-order valence-electron chi connectivity index (χ0n) is 17.8. The van der Waals surface area contributed by atoms with Gasteiger partial charge in [0.25, 0.3) is 0 Å².